The Morgan fingerprint density at radius 2 is 1.41 bits per heavy atom. The fraction of sp³-hybridized carbons (Fsp3) is 0.647. The molecule has 1 atom stereocenters. The minimum Gasteiger partial charge on any atom is -0.0683 e. The van der Waals surface area contributed by atoms with Crippen LogP contribution in [0.4, 0.5) is 0 Å². The van der Waals surface area contributed by atoms with E-state index in [-0.39, 0.29) is 0 Å². The number of benzene rings is 1. The molecule has 0 saturated carbocycles. The Labute approximate surface area is 108 Å². The van der Waals surface area contributed by atoms with Gasteiger partial charge < -0.3 is 0 Å². The lowest BCUT2D eigenvalue weighted by Gasteiger charge is -2.12. The Balaban J connectivity index is 0.00000121. The average molecular weight is 234 g/mol. The van der Waals surface area contributed by atoms with Gasteiger partial charge in [-0.1, -0.05) is 77.3 Å². The van der Waals surface area contributed by atoms with Gasteiger partial charge in [-0.05, 0) is 30.7 Å². The molecule has 0 heteroatoms. The van der Waals surface area contributed by atoms with E-state index in [0.717, 1.165) is 5.92 Å². The summed E-state index contributed by atoms with van der Waals surface area (Å²) in [4.78, 5) is 0. The van der Waals surface area contributed by atoms with Gasteiger partial charge >= 0.3 is 0 Å². The fourth-order valence-electron chi connectivity index (χ4n) is 1.89. The zero-order chi connectivity index (χ0) is 13.3. The van der Waals surface area contributed by atoms with Gasteiger partial charge in [0.05, 0.1) is 0 Å². The van der Waals surface area contributed by atoms with Gasteiger partial charge in [0.1, 0.15) is 0 Å². The molecule has 0 saturated heterocycles. The summed E-state index contributed by atoms with van der Waals surface area (Å²) >= 11 is 0. The van der Waals surface area contributed by atoms with Crippen LogP contribution in [0.5, 0.6) is 0 Å². The van der Waals surface area contributed by atoms with Gasteiger partial charge in [-0.2, -0.15) is 0 Å². The summed E-state index contributed by atoms with van der Waals surface area (Å²) < 4.78 is 0. The van der Waals surface area contributed by atoms with E-state index in [1.807, 2.05) is 13.8 Å². The molecular weight excluding hydrogens is 204 g/mol. The predicted molar refractivity (Wildman–Crippen MR) is 79.6 cm³/mol. The van der Waals surface area contributed by atoms with E-state index >= 15 is 0 Å². The van der Waals surface area contributed by atoms with Crippen LogP contribution in [-0.4, -0.2) is 0 Å². The van der Waals surface area contributed by atoms with Gasteiger partial charge in [0, 0.05) is 0 Å². The zero-order valence-electron chi connectivity index (χ0n) is 12.6. The largest absolute Gasteiger partial charge is 0.0683 e. The number of aryl methyl sites for hydroxylation is 1. The van der Waals surface area contributed by atoms with Gasteiger partial charge in [0.2, 0.25) is 0 Å². The van der Waals surface area contributed by atoms with Crippen molar-refractivity contribution in [1.29, 1.82) is 0 Å². The van der Waals surface area contributed by atoms with Crippen molar-refractivity contribution in [2.75, 3.05) is 0 Å². The second-order valence-corrected chi connectivity index (χ2v) is 5.14. The molecule has 0 spiro atoms. The van der Waals surface area contributed by atoms with Crippen LogP contribution < -0.4 is 0 Å². The molecule has 0 aliphatic rings. The molecule has 0 nitrogen and oxygen atoms in total. The molecule has 17 heavy (non-hydrogen) atoms. The van der Waals surface area contributed by atoms with Crippen LogP contribution in [0.15, 0.2) is 24.3 Å². The van der Waals surface area contributed by atoms with Gasteiger partial charge in [0.25, 0.3) is 0 Å². The van der Waals surface area contributed by atoms with Crippen molar-refractivity contribution in [2.45, 2.75) is 66.7 Å². The van der Waals surface area contributed by atoms with Crippen LogP contribution in [0, 0.1) is 12.8 Å². The van der Waals surface area contributed by atoms with E-state index in [0.29, 0.717) is 5.92 Å². The van der Waals surface area contributed by atoms with E-state index in [9.17, 15) is 0 Å². The molecule has 1 aromatic rings. The minimum atomic E-state index is 0.712. The van der Waals surface area contributed by atoms with Crippen LogP contribution >= 0.6 is 0 Å². The smallest absolute Gasteiger partial charge is 0.0190 e. The first-order chi connectivity index (χ1) is 8.09. The molecule has 0 fully saturated rings. The summed E-state index contributed by atoms with van der Waals surface area (Å²) in [6.07, 6.45) is 4.03. The summed E-state index contributed by atoms with van der Waals surface area (Å²) in [6.45, 7) is 13.1. The van der Waals surface area contributed by atoms with E-state index in [4.69, 9.17) is 0 Å². The van der Waals surface area contributed by atoms with E-state index in [2.05, 4.69) is 52.0 Å². The molecule has 0 bridgehead atoms. The third-order valence-electron chi connectivity index (χ3n) is 3.06. The number of hydrogen-bond donors (Lipinski definition) is 0. The number of rotatable bonds is 5. The third kappa shape index (κ3) is 7.20. The highest BCUT2D eigenvalue weighted by Crippen LogP contribution is 2.22. The van der Waals surface area contributed by atoms with Crippen molar-refractivity contribution in [3.63, 3.8) is 0 Å². The van der Waals surface area contributed by atoms with Gasteiger partial charge in [-0.3, -0.25) is 0 Å². The maximum absolute atomic E-state index is 2.34. The summed E-state index contributed by atoms with van der Waals surface area (Å²) in [7, 11) is 0. The van der Waals surface area contributed by atoms with Crippen molar-refractivity contribution in [1.82, 2.24) is 0 Å². The van der Waals surface area contributed by atoms with Crippen LogP contribution in [-0.2, 0) is 0 Å². The summed E-state index contributed by atoms with van der Waals surface area (Å²) in [5.74, 6) is 1.56. The Morgan fingerprint density at radius 3 is 1.88 bits per heavy atom. The van der Waals surface area contributed by atoms with Crippen LogP contribution in [0.1, 0.15) is 70.9 Å². The van der Waals surface area contributed by atoms with Crippen molar-refractivity contribution >= 4 is 0 Å². The van der Waals surface area contributed by atoms with Crippen molar-refractivity contribution in [3.8, 4) is 0 Å². The molecular formula is C17H30. The second-order valence-electron chi connectivity index (χ2n) is 5.14. The summed E-state index contributed by atoms with van der Waals surface area (Å²) in [5.41, 5.74) is 2.84. The standard InChI is InChI=1S/C15H24.C2H6/c1-12(2)6-5-7-14(4)15-10-8-13(3)9-11-15;1-2/h8-12,14H,5-7H2,1-4H3;1-2H3. The van der Waals surface area contributed by atoms with E-state index in [1.165, 1.54) is 30.4 Å². The molecule has 1 rings (SSSR count). The van der Waals surface area contributed by atoms with Crippen LogP contribution in [0.25, 0.3) is 0 Å². The van der Waals surface area contributed by atoms with Crippen LogP contribution in [0.3, 0.4) is 0 Å². The highest BCUT2D eigenvalue weighted by molar-refractivity contribution is 5.23. The van der Waals surface area contributed by atoms with Gasteiger partial charge in [0.15, 0.2) is 0 Å². The molecule has 0 N–H and O–H groups in total. The lowest BCUT2D eigenvalue weighted by molar-refractivity contribution is 0.512. The maximum atomic E-state index is 2.34. The topological polar surface area (TPSA) is 0 Å². The van der Waals surface area contributed by atoms with Crippen LogP contribution in [0.2, 0.25) is 0 Å². The Kier molecular flexibility index (Phi) is 8.85. The van der Waals surface area contributed by atoms with Gasteiger partial charge in [-0.25, -0.2) is 0 Å². The maximum Gasteiger partial charge on any atom is -0.0190 e. The minimum absolute atomic E-state index is 0.712. The summed E-state index contributed by atoms with van der Waals surface area (Å²) in [5, 5.41) is 0. The second kappa shape index (κ2) is 9.27. The van der Waals surface area contributed by atoms with Crippen molar-refractivity contribution in [2.24, 2.45) is 5.92 Å². The van der Waals surface area contributed by atoms with Gasteiger partial charge in [-0.15, -0.1) is 0 Å². The fourth-order valence-corrected chi connectivity index (χ4v) is 1.89. The average Bonchev–Trinajstić information content (AvgIpc) is 2.32. The molecule has 0 amide bonds. The molecule has 0 radical (unpaired) electrons. The van der Waals surface area contributed by atoms with Crippen molar-refractivity contribution < 1.29 is 0 Å². The first-order valence-corrected chi connectivity index (χ1v) is 7.16. The third-order valence-corrected chi connectivity index (χ3v) is 3.06. The Morgan fingerprint density at radius 1 is 0.882 bits per heavy atom. The monoisotopic (exact) mass is 234 g/mol. The highest BCUT2D eigenvalue weighted by atomic mass is 14.1. The molecule has 0 heterocycles. The molecule has 98 valence electrons. The lowest BCUT2D eigenvalue weighted by atomic mass is 9.93. The van der Waals surface area contributed by atoms with Crippen molar-refractivity contribution in [3.05, 3.63) is 35.4 Å². The zero-order valence-corrected chi connectivity index (χ0v) is 12.6. The number of hydrogen-bond acceptors (Lipinski definition) is 0. The molecule has 0 aliphatic carbocycles. The van der Waals surface area contributed by atoms with E-state index < -0.39 is 0 Å². The molecule has 1 unspecified atom stereocenters. The first kappa shape index (κ1) is 16.2. The highest BCUT2D eigenvalue weighted by Gasteiger charge is 2.05. The lowest BCUT2D eigenvalue weighted by Crippen LogP contribution is -1.95. The Hall–Kier alpha value is -0.780. The quantitative estimate of drug-likeness (QED) is 0.590. The molecule has 0 aliphatic heterocycles. The molecule has 0 aromatic heterocycles. The SMILES string of the molecule is CC.Cc1ccc(C(C)CCCC(C)C)cc1. The normalized spacial score (nSPS) is 11.9. The summed E-state index contributed by atoms with van der Waals surface area (Å²) in [6, 6.07) is 8.98. The van der Waals surface area contributed by atoms with E-state index in [1.54, 1.807) is 0 Å². The first-order valence-electron chi connectivity index (χ1n) is 7.16. The Bertz CT molecular complexity index is 269. The molecule has 1 aromatic carbocycles. The predicted octanol–water partition coefficient (Wildman–Crippen LogP) is 5.95.